The fourth-order valence-electron chi connectivity index (χ4n) is 5.80. The summed E-state index contributed by atoms with van der Waals surface area (Å²) in [5.41, 5.74) is 2.83. The number of carboxylic acids is 1. The Morgan fingerprint density at radius 1 is 1.06 bits per heavy atom. The topological polar surface area (TPSA) is 95.9 Å². The largest absolute Gasteiger partial charge is 0.480 e. The van der Waals surface area contributed by atoms with Gasteiger partial charge in [-0.3, -0.25) is 4.79 Å². The van der Waals surface area contributed by atoms with Crippen LogP contribution in [0.1, 0.15) is 50.2 Å². The summed E-state index contributed by atoms with van der Waals surface area (Å²) in [7, 11) is 1.55. The van der Waals surface area contributed by atoms with E-state index >= 15 is 0 Å². The molecule has 2 amide bonds. The molecule has 2 N–H and O–H groups in total. The Morgan fingerprint density at radius 2 is 1.65 bits per heavy atom. The van der Waals surface area contributed by atoms with E-state index in [9.17, 15) is 19.5 Å². The van der Waals surface area contributed by atoms with Crippen LogP contribution in [0.5, 0.6) is 0 Å². The van der Waals surface area contributed by atoms with E-state index in [1.54, 1.807) is 7.05 Å². The SMILES string of the molecule is CN(C(=O)[C@]12C[C@H](NC(=O)OCC3c4ccccc4-c4ccccc43)C[C@H]1C2)C(C)(C)C(=O)O. The molecule has 0 saturated heterocycles. The van der Waals surface area contributed by atoms with Crippen LogP contribution in [-0.2, 0) is 14.3 Å². The number of likely N-dealkylation sites (N-methyl/N-ethyl adjacent to an activating group) is 1. The average Bonchev–Trinajstić information content (AvgIpc) is 3.24. The summed E-state index contributed by atoms with van der Waals surface area (Å²) in [6.07, 6.45) is 1.49. The number of nitrogens with one attached hydrogen (secondary N) is 1. The van der Waals surface area contributed by atoms with Gasteiger partial charge in [0.25, 0.3) is 0 Å². The molecule has 0 aromatic heterocycles. The van der Waals surface area contributed by atoms with Gasteiger partial charge in [-0.15, -0.1) is 0 Å². The molecule has 2 aromatic rings. The lowest BCUT2D eigenvalue weighted by Crippen LogP contribution is -2.53. The van der Waals surface area contributed by atoms with Crippen molar-refractivity contribution in [2.45, 2.75) is 50.6 Å². The monoisotopic (exact) mass is 462 g/mol. The van der Waals surface area contributed by atoms with Crippen molar-refractivity contribution in [2.75, 3.05) is 13.7 Å². The fourth-order valence-corrected chi connectivity index (χ4v) is 5.80. The number of carbonyl (C=O) groups excluding carboxylic acids is 2. The molecule has 0 heterocycles. The maximum absolute atomic E-state index is 13.1. The van der Waals surface area contributed by atoms with Gasteiger partial charge in [0.05, 0.1) is 5.41 Å². The standard InChI is InChI=1S/C27H30N2O5/c1-26(2,24(31)32)29(3)23(30)27-13-16(27)12-17(14-27)28-25(33)34-15-22-20-10-6-4-8-18(20)19-9-5-7-11-21(19)22/h4-11,16-17,22H,12-15H2,1-3H3,(H,28,33)(H,31,32)/t16-,17+,27+/m0/s1. The first-order valence-electron chi connectivity index (χ1n) is 11.8. The van der Waals surface area contributed by atoms with Crippen LogP contribution in [0.3, 0.4) is 0 Å². The summed E-state index contributed by atoms with van der Waals surface area (Å²) in [6, 6.07) is 16.2. The van der Waals surface area contributed by atoms with Crippen molar-refractivity contribution in [1.29, 1.82) is 0 Å². The van der Waals surface area contributed by atoms with E-state index in [0.29, 0.717) is 12.8 Å². The second kappa shape index (κ2) is 7.86. The molecule has 178 valence electrons. The molecule has 3 atom stereocenters. The summed E-state index contributed by atoms with van der Waals surface area (Å²) in [5, 5.41) is 12.4. The summed E-state index contributed by atoms with van der Waals surface area (Å²) >= 11 is 0. The van der Waals surface area contributed by atoms with Crippen LogP contribution in [0.2, 0.25) is 0 Å². The van der Waals surface area contributed by atoms with E-state index in [0.717, 1.165) is 17.5 Å². The summed E-state index contributed by atoms with van der Waals surface area (Å²) < 4.78 is 5.66. The van der Waals surface area contributed by atoms with Crippen molar-refractivity contribution in [3.05, 3.63) is 59.7 Å². The second-order valence-electron chi connectivity index (χ2n) is 10.4. The van der Waals surface area contributed by atoms with Gasteiger partial charge >= 0.3 is 12.1 Å². The minimum absolute atomic E-state index is 0.00468. The molecule has 34 heavy (non-hydrogen) atoms. The van der Waals surface area contributed by atoms with Crippen LogP contribution in [-0.4, -0.2) is 53.2 Å². The molecule has 2 saturated carbocycles. The molecule has 0 bridgehead atoms. The van der Waals surface area contributed by atoms with Gasteiger partial charge in [0.2, 0.25) is 5.91 Å². The minimum Gasteiger partial charge on any atom is -0.480 e. The zero-order valence-corrected chi connectivity index (χ0v) is 19.7. The van der Waals surface area contributed by atoms with E-state index in [-0.39, 0.29) is 30.4 Å². The predicted octanol–water partition coefficient (Wildman–Crippen LogP) is 4.02. The molecule has 5 rings (SSSR count). The Hall–Kier alpha value is -3.35. The number of hydrogen-bond acceptors (Lipinski definition) is 4. The first kappa shape index (κ1) is 22.4. The Labute approximate surface area is 199 Å². The quantitative estimate of drug-likeness (QED) is 0.676. The normalized spacial score (nSPS) is 24.6. The Kier molecular flexibility index (Phi) is 5.19. The maximum atomic E-state index is 13.1. The zero-order chi connectivity index (χ0) is 24.3. The lowest BCUT2D eigenvalue weighted by molar-refractivity contribution is -0.157. The summed E-state index contributed by atoms with van der Waals surface area (Å²) in [5.74, 6) is -1.02. The summed E-state index contributed by atoms with van der Waals surface area (Å²) in [6.45, 7) is 3.31. The molecule has 7 heteroatoms. The van der Waals surface area contributed by atoms with Crippen LogP contribution in [0.4, 0.5) is 4.79 Å². The Balaban J connectivity index is 1.20. The highest BCUT2D eigenvalue weighted by Crippen LogP contribution is 2.64. The number of ether oxygens (including phenoxy) is 1. The van der Waals surface area contributed by atoms with E-state index in [2.05, 4.69) is 29.6 Å². The van der Waals surface area contributed by atoms with Crippen molar-refractivity contribution >= 4 is 18.0 Å². The van der Waals surface area contributed by atoms with E-state index in [1.807, 2.05) is 24.3 Å². The van der Waals surface area contributed by atoms with Crippen LogP contribution < -0.4 is 5.32 Å². The van der Waals surface area contributed by atoms with E-state index < -0.39 is 23.0 Å². The third-order valence-electron chi connectivity index (χ3n) is 8.17. The van der Waals surface area contributed by atoms with Gasteiger partial charge in [-0.1, -0.05) is 48.5 Å². The number of fused-ring (bicyclic) bond motifs is 4. The van der Waals surface area contributed by atoms with Crippen LogP contribution in [0.25, 0.3) is 11.1 Å². The molecule has 0 unspecified atom stereocenters. The Morgan fingerprint density at radius 3 is 2.24 bits per heavy atom. The van der Waals surface area contributed by atoms with Gasteiger partial charge in [-0.25, -0.2) is 9.59 Å². The molecular weight excluding hydrogens is 432 g/mol. The van der Waals surface area contributed by atoms with Crippen molar-refractivity contribution < 1.29 is 24.2 Å². The number of nitrogens with zero attached hydrogens (tertiary/aromatic N) is 1. The Bertz CT molecular complexity index is 1130. The first-order chi connectivity index (χ1) is 16.1. The number of carbonyl (C=O) groups is 3. The number of alkyl carbamates (subject to hydrolysis) is 1. The number of hydrogen-bond donors (Lipinski definition) is 2. The lowest BCUT2D eigenvalue weighted by Gasteiger charge is -2.34. The first-order valence-corrected chi connectivity index (χ1v) is 11.8. The molecule has 3 aliphatic carbocycles. The van der Waals surface area contributed by atoms with Gasteiger partial charge in [-0.2, -0.15) is 0 Å². The fraction of sp³-hybridized carbons (Fsp3) is 0.444. The average molecular weight is 463 g/mol. The van der Waals surface area contributed by atoms with Crippen molar-refractivity contribution in [1.82, 2.24) is 10.2 Å². The zero-order valence-electron chi connectivity index (χ0n) is 19.7. The third kappa shape index (κ3) is 3.45. The smallest absolute Gasteiger partial charge is 0.407 e. The number of amides is 2. The molecule has 7 nitrogen and oxygen atoms in total. The molecular formula is C27H30N2O5. The van der Waals surface area contributed by atoms with Gasteiger partial charge in [0.1, 0.15) is 12.1 Å². The summed E-state index contributed by atoms with van der Waals surface area (Å²) in [4.78, 5) is 38.7. The number of carboxylic acid groups (broad SMARTS) is 1. The predicted molar refractivity (Wildman–Crippen MR) is 126 cm³/mol. The highest BCUT2D eigenvalue weighted by Gasteiger charge is 2.66. The molecule has 3 aliphatic rings. The van der Waals surface area contributed by atoms with E-state index in [1.165, 1.54) is 29.9 Å². The molecule has 0 aliphatic heterocycles. The van der Waals surface area contributed by atoms with Gasteiger partial charge in [0.15, 0.2) is 0 Å². The third-order valence-corrected chi connectivity index (χ3v) is 8.17. The van der Waals surface area contributed by atoms with Crippen LogP contribution >= 0.6 is 0 Å². The lowest BCUT2D eigenvalue weighted by atomic mass is 9.96. The van der Waals surface area contributed by atoms with Crippen molar-refractivity contribution in [3.63, 3.8) is 0 Å². The number of aliphatic carboxylic acids is 1. The minimum atomic E-state index is -1.28. The van der Waals surface area contributed by atoms with E-state index in [4.69, 9.17) is 4.74 Å². The molecule has 0 radical (unpaired) electrons. The van der Waals surface area contributed by atoms with Crippen molar-refractivity contribution in [3.8, 4) is 11.1 Å². The van der Waals surface area contributed by atoms with Crippen LogP contribution in [0, 0.1) is 11.3 Å². The molecule has 0 spiro atoms. The van der Waals surface area contributed by atoms with Gasteiger partial charge < -0.3 is 20.1 Å². The van der Waals surface area contributed by atoms with Gasteiger partial charge in [-0.05, 0) is 61.3 Å². The maximum Gasteiger partial charge on any atom is 0.407 e. The van der Waals surface area contributed by atoms with Crippen molar-refractivity contribution in [2.24, 2.45) is 11.3 Å². The second-order valence-corrected chi connectivity index (χ2v) is 10.4. The highest BCUT2D eigenvalue weighted by molar-refractivity contribution is 5.92. The highest BCUT2D eigenvalue weighted by atomic mass is 16.5. The number of benzene rings is 2. The molecule has 2 fully saturated rings. The molecule has 2 aromatic carbocycles. The number of rotatable bonds is 6. The van der Waals surface area contributed by atoms with Gasteiger partial charge in [0, 0.05) is 19.0 Å². The van der Waals surface area contributed by atoms with Crippen LogP contribution in [0.15, 0.2) is 48.5 Å².